The van der Waals surface area contributed by atoms with Crippen LogP contribution in [0.2, 0.25) is 0 Å². The Balaban J connectivity index is 1.81. The van der Waals surface area contributed by atoms with Gasteiger partial charge in [0.25, 0.3) is 5.91 Å². The first-order valence-corrected chi connectivity index (χ1v) is 6.82. The number of carbonyl (C=O) groups is 1. The van der Waals surface area contributed by atoms with E-state index >= 15 is 0 Å². The number of pyridine rings is 1. The summed E-state index contributed by atoms with van der Waals surface area (Å²) in [7, 11) is 1.69. The van der Waals surface area contributed by atoms with E-state index in [1.807, 2.05) is 12.1 Å². The lowest BCUT2D eigenvalue weighted by Gasteiger charge is -2.08. The summed E-state index contributed by atoms with van der Waals surface area (Å²) in [6, 6.07) is 4.09. The molecule has 3 aromatic heterocycles. The predicted octanol–water partition coefficient (Wildman–Crippen LogP) is 0.930. The molecule has 3 aromatic rings. The number of carbonyl (C=O) groups excluding carboxylic acids is 1. The molecule has 0 aliphatic heterocycles. The second kappa shape index (κ2) is 5.43. The average Bonchev–Trinajstić information content (AvgIpc) is 3.03. The summed E-state index contributed by atoms with van der Waals surface area (Å²) in [5, 5.41) is 17.5. The zero-order chi connectivity index (χ0) is 15.7. The molecule has 0 saturated heterocycles. The van der Waals surface area contributed by atoms with Crippen molar-refractivity contribution in [1.82, 2.24) is 29.6 Å². The Morgan fingerprint density at radius 1 is 1.36 bits per heavy atom. The van der Waals surface area contributed by atoms with Crippen molar-refractivity contribution in [3.8, 4) is 0 Å². The van der Waals surface area contributed by atoms with Gasteiger partial charge in [0.15, 0.2) is 11.3 Å². The molecule has 2 N–H and O–H groups in total. The molecule has 114 valence electrons. The van der Waals surface area contributed by atoms with Gasteiger partial charge < -0.3 is 5.32 Å². The molecule has 22 heavy (non-hydrogen) atoms. The summed E-state index contributed by atoms with van der Waals surface area (Å²) in [6.45, 7) is 4.11. The topological polar surface area (TPSA) is 102 Å². The van der Waals surface area contributed by atoms with Gasteiger partial charge in [-0.05, 0) is 19.9 Å². The molecule has 0 unspecified atom stereocenters. The van der Waals surface area contributed by atoms with Crippen molar-refractivity contribution in [2.45, 2.75) is 19.9 Å². The molecule has 0 bridgehead atoms. The van der Waals surface area contributed by atoms with Gasteiger partial charge in [-0.2, -0.15) is 4.98 Å². The summed E-state index contributed by atoms with van der Waals surface area (Å²) in [6.07, 6.45) is 3.31. The van der Waals surface area contributed by atoms with E-state index in [9.17, 15) is 4.79 Å². The second-order valence-electron chi connectivity index (χ2n) is 5.18. The molecule has 9 heteroatoms. The van der Waals surface area contributed by atoms with Crippen LogP contribution in [0.1, 0.15) is 24.3 Å². The molecule has 0 aliphatic carbocycles. The van der Waals surface area contributed by atoms with E-state index in [-0.39, 0.29) is 11.6 Å². The lowest BCUT2D eigenvalue weighted by molar-refractivity contribution is 0.102. The summed E-state index contributed by atoms with van der Waals surface area (Å²) < 4.78 is 3.05. The first kappa shape index (κ1) is 14.0. The second-order valence-corrected chi connectivity index (χ2v) is 5.18. The van der Waals surface area contributed by atoms with E-state index in [0.717, 1.165) is 5.69 Å². The van der Waals surface area contributed by atoms with Gasteiger partial charge >= 0.3 is 0 Å². The van der Waals surface area contributed by atoms with Crippen LogP contribution in [-0.2, 0) is 7.05 Å². The van der Waals surface area contributed by atoms with Crippen LogP contribution in [-0.4, -0.2) is 41.5 Å². The Morgan fingerprint density at radius 3 is 2.86 bits per heavy atom. The van der Waals surface area contributed by atoms with Crippen molar-refractivity contribution in [3.05, 3.63) is 30.2 Å². The zero-order valence-electron chi connectivity index (χ0n) is 12.5. The molecule has 1 amide bonds. The third-order valence-corrected chi connectivity index (χ3v) is 2.85. The monoisotopic (exact) mass is 300 g/mol. The summed E-state index contributed by atoms with van der Waals surface area (Å²) in [5.74, 6) is -0.179. The third-order valence-electron chi connectivity index (χ3n) is 2.85. The summed E-state index contributed by atoms with van der Waals surface area (Å²) >= 11 is 0. The molecule has 3 rings (SSSR count). The zero-order valence-corrected chi connectivity index (χ0v) is 12.5. The number of rotatable bonds is 4. The van der Waals surface area contributed by atoms with E-state index in [4.69, 9.17) is 0 Å². The van der Waals surface area contributed by atoms with Crippen LogP contribution in [0.4, 0.5) is 11.6 Å². The van der Waals surface area contributed by atoms with E-state index in [1.54, 1.807) is 17.8 Å². The van der Waals surface area contributed by atoms with Crippen LogP contribution >= 0.6 is 0 Å². The Bertz CT molecular complexity index is 818. The number of hydrogen-bond donors (Lipinski definition) is 2. The molecule has 0 aliphatic rings. The molecular weight excluding hydrogens is 284 g/mol. The summed E-state index contributed by atoms with van der Waals surface area (Å²) in [5.41, 5.74) is 1.80. The van der Waals surface area contributed by atoms with E-state index in [1.165, 1.54) is 10.9 Å². The number of hydrogen-bond acceptors (Lipinski definition) is 6. The highest BCUT2D eigenvalue weighted by Gasteiger charge is 2.13. The van der Waals surface area contributed by atoms with Gasteiger partial charge in [-0.25, -0.2) is 4.52 Å². The van der Waals surface area contributed by atoms with Gasteiger partial charge in [0.1, 0.15) is 0 Å². The van der Waals surface area contributed by atoms with Crippen LogP contribution < -0.4 is 10.6 Å². The number of anilines is 2. The lowest BCUT2D eigenvalue weighted by Crippen LogP contribution is -2.13. The number of fused-ring (bicyclic) bond motifs is 1. The molecule has 0 radical (unpaired) electrons. The molecule has 9 nitrogen and oxygen atoms in total. The largest absolute Gasteiger partial charge is 0.383 e. The Kier molecular flexibility index (Phi) is 3.45. The molecule has 3 heterocycles. The predicted molar refractivity (Wildman–Crippen MR) is 80.7 cm³/mol. The fraction of sp³-hybridized carbons (Fsp3) is 0.308. The van der Waals surface area contributed by atoms with Crippen molar-refractivity contribution in [2.24, 2.45) is 7.05 Å². The highest BCUT2D eigenvalue weighted by molar-refractivity contribution is 6.01. The van der Waals surface area contributed by atoms with Crippen LogP contribution in [0.15, 0.2) is 24.5 Å². The normalized spacial score (nSPS) is 11.1. The van der Waals surface area contributed by atoms with Gasteiger partial charge in [-0.1, -0.05) is 5.21 Å². The minimum Gasteiger partial charge on any atom is -0.383 e. The molecule has 0 saturated carbocycles. The van der Waals surface area contributed by atoms with Gasteiger partial charge in [0, 0.05) is 31.0 Å². The quantitative estimate of drug-likeness (QED) is 0.743. The van der Waals surface area contributed by atoms with E-state index in [0.29, 0.717) is 11.7 Å². The highest BCUT2D eigenvalue weighted by atomic mass is 16.2. The van der Waals surface area contributed by atoms with Gasteiger partial charge in [0.2, 0.25) is 5.95 Å². The number of aromatic nitrogens is 6. The number of aryl methyl sites for hydroxylation is 1. The lowest BCUT2D eigenvalue weighted by atomic mass is 10.3. The van der Waals surface area contributed by atoms with Crippen LogP contribution in [0, 0.1) is 0 Å². The maximum atomic E-state index is 12.0. The summed E-state index contributed by atoms with van der Waals surface area (Å²) in [4.78, 5) is 16.3. The van der Waals surface area contributed by atoms with E-state index < -0.39 is 5.91 Å². The van der Waals surface area contributed by atoms with Crippen molar-refractivity contribution in [1.29, 1.82) is 0 Å². The Morgan fingerprint density at radius 2 is 2.18 bits per heavy atom. The van der Waals surface area contributed by atoms with Crippen molar-refractivity contribution in [3.63, 3.8) is 0 Å². The van der Waals surface area contributed by atoms with Gasteiger partial charge in [-0.3, -0.25) is 14.8 Å². The van der Waals surface area contributed by atoms with Gasteiger partial charge in [0.05, 0.1) is 6.20 Å². The standard InChI is InChI=1S/C13H16N8O/c1-8(2)14-9-4-5-21-11(6-9)15-13(18-21)16-12(22)10-7-20(3)19-17-10/h4-8,14H,1-3H3,(H,16,18,22). The Hall–Kier alpha value is -2.97. The molecule has 0 atom stereocenters. The fourth-order valence-corrected chi connectivity index (χ4v) is 1.97. The first-order chi connectivity index (χ1) is 10.5. The Labute approximate surface area is 126 Å². The van der Waals surface area contributed by atoms with E-state index in [2.05, 4.69) is 44.9 Å². The first-order valence-electron chi connectivity index (χ1n) is 6.82. The van der Waals surface area contributed by atoms with Gasteiger partial charge in [-0.15, -0.1) is 10.2 Å². The molecular formula is C13H16N8O. The van der Waals surface area contributed by atoms with Crippen LogP contribution in [0.3, 0.4) is 0 Å². The van der Waals surface area contributed by atoms with Crippen molar-refractivity contribution < 1.29 is 4.79 Å². The minimum absolute atomic E-state index is 0.212. The van der Waals surface area contributed by atoms with Crippen molar-refractivity contribution in [2.75, 3.05) is 10.6 Å². The number of nitrogens with one attached hydrogen (secondary N) is 2. The molecule has 0 aromatic carbocycles. The highest BCUT2D eigenvalue weighted by Crippen LogP contribution is 2.13. The van der Waals surface area contributed by atoms with Crippen molar-refractivity contribution >= 4 is 23.2 Å². The number of amides is 1. The third kappa shape index (κ3) is 2.87. The maximum absolute atomic E-state index is 12.0. The fourth-order valence-electron chi connectivity index (χ4n) is 1.97. The van der Waals surface area contributed by atoms with Crippen LogP contribution in [0.5, 0.6) is 0 Å². The SMILES string of the molecule is CC(C)Nc1ccn2nc(NC(=O)c3cn(C)nn3)nc2c1. The average molecular weight is 300 g/mol. The smallest absolute Gasteiger partial charge is 0.280 e. The molecule has 0 fully saturated rings. The van der Waals surface area contributed by atoms with Crippen LogP contribution in [0.25, 0.3) is 5.65 Å². The number of nitrogens with zero attached hydrogens (tertiary/aromatic N) is 6. The minimum atomic E-state index is -0.399. The maximum Gasteiger partial charge on any atom is 0.280 e. The molecule has 0 spiro atoms.